The van der Waals surface area contributed by atoms with Crippen molar-refractivity contribution < 1.29 is 4.79 Å². The van der Waals surface area contributed by atoms with E-state index in [0.717, 1.165) is 28.1 Å². The lowest BCUT2D eigenvalue weighted by Gasteiger charge is -2.32. The van der Waals surface area contributed by atoms with E-state index in [1.807, 2.05) is 19.0 Å². The molecule has 2 heterocycles. The number of hydrogen-bond acceptors (Lipinski definition) is 2. The molecule has 1 aromatic carbocycles. The van der Waals surface area contributed by atoms with Crippen LogP contribution in [0.2, 0.25) is 0 Å². The molecule has 1 aromatic heterocycles. The molecule has 3 rings (SSSR count). The van der Waals surface area contributed by atoms with Crippen LogP contribution >= 0.6 is 0 Å². The molecular weight excluding hydrogens is 370 g/mol. The van der Waals surface area contributed by atoms with Gasteiger partial charge in [-0.15, -0.1) is 0 Å². The van der Waals surface area contributed by atoms with Crippen LogP contribution in [0.15, 0.2) is 0 Å². The minimum Gasteiger partial charge on any atom is -0.348 e. The number of amides is 1. The minimum absolute atomic E-state index is 0.0280. The zero-order valence-corrected chi connectivity index (χ0v) is 20.8. The number of anilines is 1. The summed E-state index contributed by atoms with van der Waals surface area (Å²) in [7, 11) is 6.17. The largest absolute Gasteiger partial charge is 0.348 e. The summed E-state index contributed by atoms with van der Waals surface area (Å²) in [6.07, 6.45) is -0.0280. The van der Waals surface area contributed by atoms with Crippen LogP contribution in [0.4, 0.5) is 5.69 Å². The highest BCUT2D eigenvalue weighted by Crippen LogP contribution is 2.48. The van der Waals surface area contributed by atoms with Crippen molar-refractivity contribution in [1.82, 2.24) is 9.47 Å². The van der Waals surface area contributed by atoms with E-state index in [1.165, 1.54) is 39.1 Å². The maximum absolute atomic E-state index is 14.0. The lowest BCUT2D eigenvalue weighted by Crippen LogP contribution is -2.45. The van der Waals surface area contributed by atoms with E-state index in [0.29, 0.717) is 0 Å². The Hall–Kier alpha value is -2.33. The Morgan fingerprint density at radius 3 is 1.83 bits per heavy atom. The van der Waals surface area contributed by atoms with Crippen molar-refractivity contribution in [3.63, 3.8) is 0 Å². The van der Waals surface area contributed by atoms with Gasteiger partial charge in [-0.25, -0.2) is 0 Å². The predicted octanol–water partition coefficient (Wildman–Crippen LogP) is 5.37. The van der Waals surface area contributed by atoms with Crippen molar-refractivity contribution in [2.24, 2.45) is 7.05 Å². The molecule has 1 aliphatic rings. The van der Waals surface area contributed by atoms with Crippen LogP contribution in [0.25, 0.3) is 11.1 Å². The zero-order chi connectivity index (χ0) is 22.8. The van der Waals surface area contributed by atoms with Crippen molar-refractivity contribution in [2.75, 3.05) is 19.0 Å². The number of aromatic nitrogens is 1. The molecule has 1 atom stereocenters. The molecule has 1 unspecified atom stereocenters. The Morgan fingerprint density at radius 1 is 0.833 bits per heavy atom. The third kappa shape index (κ3) is 2.88. The second-order valence-electron chi connectivity index (χ2n) is 9.24. The molecule has 162 valence electrons. The highest BCUT2D eigenvalue weighted by Gasteiger charge is 2.41. The lowest BCUT2D eigenvalue weighted by atomic mass is 9.88. The van der Waals surface area contributed by atoms with Crippen molar-refractivity contribution in [1.29, 1.82) is 0 Å². The molecule has 0 saturated heterocycles. The number of nitrogens with zero attached hydrogens (tertiary/aromatic N) is 3. The van der Waals surface area contributed by atoms with Crippen LogP contribution in [0, 0.1) is 48.5 Å². The van der Waals surface area contributed by atoms with E-state index < -0.39 is 0 Å². The topological polar surface area (TPSA) is 28.5 Å². The van der Waals surface area contributed by atoms with Gasteiger partial charge >= 0.3 is 0 Å². The first-order valence-electron chi connectivity index (χ1n) is 10.8. The molecule has 2 aromatic rings. The fourth-order valence-electron chi connectivity index (χ4n) is 4.94. The van der Waals surface area contributed by atoms with Gasteiger partial charge in [0.1, 0.15) is 0 Å². The van der Waals surface area contributed by atoms with Gasteiger partial charge in [0.2, 0.25) is 0 Å². The number of fused-ring (bicyclic) bond motifs is 1. The molecule has 0 aliphatic carbocycles. The van der Waals surface area contributed by atoms with Gasteiger partial charge < -0.3 is 4.57 Å². The highest BCUT2D eigenvalue weighted by atomic mass is 16.2. The normalized spacial score (nSPS) is 16.6. The Labute approximate surface area is 182 Å². The summed E-state index contributed by atoms with van der Waals surface area (Å²) < 4.78 is 2.24. The standard InChI is InChI=1S/C26H37N3O/c1-13-14(2)17(5)25-22(16(13)4)23(26(30)29(25)21(9)27(10)11)19(7)24-18(6)15(3)20(8)28(24)12/h21H,1-12H3/b23-19-. The molecule has 1 amide bonds. The van der Waals surface area contributed by atoms with Crippen LogP contribution in [-0.4, -0.2) is 35.6 Å². The van der Waals surface area contributed by atoms with Gasteiger partial charge in [0.05, 0.1) is 17.4 Å². The highest BCUT2D eigenvalue weighted by molar-refractivity contribution is 6.38. The Kier molecular flexibility index (Phi) is 5.53. The first-order valence-corrected chi connectivity index (χ1v) is 10.8. The second kappa shape index (κ2) is 7.42. The fourth-order valence-corrected chi connectivity index (χ4v) is 4.94. The number of benzene rings is 1. The van der Waals surface area contributed by atoms with E-state index in [4.69, 9.17) is 0 Å². The average Bonchev–Trinajstić information content (AvgIpc) is 3.10. The number of allylic oxidation sites excluding steroid dienone is 1. The summed E-state index contributed by atoms with van der Waals surface area (Å²) in [5.74, 6) is 0.107. The number of carbonyl (C=O) groups is 1. The molecule has 1 aliphatic heterocycles. The molecule has 0 spiro atoms. The smallest absolute Gasteiger partial charge is 0.260 e. The summed E-state index contributed by atoms with van der Waals surface area (Å²) in [5.41, 5.74) is 14.0. The van der Waals surface area contributed by atoms with E-state index in [-0.39, 0.29) is 12.1 Å². The van der Waals surface area contributed by atoms with Gasteiger partial charge in [0.25, 0.3) is 5.91 Å². The van der Waals surface area contributed by atoms with Gasteiger partial charge in [0.15, 0.2) is 0 Å². The van der Waals surface area contributed by atoms with Crippen LogP contribution in [0.5, 0.6) is 0 Å². The third-order valence-corrected chi connectivity index (χ3v) is 7.73. The summed E-state index contributed by atoms with van der Waals surface area (Å²) in [4.78, 5) is 18.1. The van der Waals surface area contributed by atoms with E-state index >= 15 is 0 Å². The molecular formula is C26H37N3O. The maximum Gasteiger partial charge on any atom is 0.260 e. The number of rotatable bonds is 3. The monoisotopic (exact) mass is 407 g/mol. The summed E-state index contributed by atoms with van der Waals surface area (Å²) in [6, 6.07) is 0. The zero-order valence-electron chi connectivity index (χ0n) is 20.8. The first kappa shape index (κ1) is 22.4. The Morgan fingerprint density at radius 2 is 1.37 bits per heavy atom. The van der Waals surface area contributed by atoms with Crippen LogP contribution in [-0.2, 0) is 11.8 Å². The number of hydrogen-bond donors (Lipinski definition) is 0. The van der Waals surface area contributed by atoms with Gasteiger partial charge in [-0.2, -0.15) is 0 Å². The molecule has 0 saturated carbocycles. The van der Waals surface area contributed by atoms with Gasteiger partial charge in [-0.05, 0) is 115 Å². The van der Waals surface area contributed by atoms with E-state index in [9.17, 15) is 4.79 Å². The van der Waals surface area contributed by atoms with E-state index in [2.05, 4.69) is 78.8 Å². The molecule has 0 fully saturated rings. The maximum atomic E-state index is 14.0. The van der Waals surface area contributed by atoms with Gasteiger partial charge in [-0.3, -0.25) is 14.6 Å². The van der Waals surface area contributed by atoms with Crippen molar-refractivity contribution >= 4 is 22.7 Å². The third-order valence-electron chi connectivity index (χ3n) is 7.73. The first-order chi connectivity index (χ1) is 13.8. The lowest BCUT2D eigenvalue weighted by molar-refractivity contribution is -0.113. The Bertz CT molecular complexity index is 1070. The average molecular weight is 408 g/mol. The molecule has 0 N–H and O–H groups in total. The summed E-state index contributed by atoms with van der Waals surface area (Å²) in [6.45, 7) is 19.4. The SMILES string of the molecule is C/C(=C1/C(=O)N(C(C)N(C)C)c2c(C)c(C)c(C)c(C)c21)c1c(C)c(C)c(C)n1C. The van der Waals surface area contributed by atoms with Crippen LogP contribution in [0.3, 0.4) is 0 Å². The van der Waals surface area contributed by atoms with Gasteiger partial charge in [0, 0.05) is 24.0 Å². The van der Waals surface area contributed by atoms with E-state index in [1.54, 1.807) is 0 Å². The van der Waals surface area contributed by atoms with Crippen LogP contribution < -0.4 is 4.90 Å². The van der Waals surface area contributed by atoms with Crippen molar-refractivity contribution in [3.8, 4) is 0 Å². The van der Waals surface area contributed by atoms with Gasteiger partial charge in [-0.1, -0.05) is 0 Å². The summed E-state index contributed by atoms with van der Waals surface area (Å²) in [5, 5.41) is 0. The Balaban J connectivity index is 2.47. The molecule has 4 nitrogen and oxygen atoms in total. The fraction of sp³-hybridized carbons (Fsp3) is 0.500. The second-order valence-corrected chi connectivity index (χ2v) is 9.24. The molecule has 0 bridgehead atoms. The summed E-state index contributed by atoms with van der Waals surface area (Å²) >= 11 is 0. The molecule has 0 radical (unpaired) electrons. The quantitative estimate of drug-likeness (QED) is 0.640. The van der Waals surface area contributed by atoms with Crippen LogP contribution in [0.1, 0.15) is 64.2 Å². The molecule has 30 heavy (non-hydrogen) atoms. The molecule has 4 heteroatoms. The van der Waals surface area contributed by atoms with Crippen molar-refractivity contribution in [2.45, 2.75) is 68.5 Å². The number of carbonyl (C=O) groups excluding carboxylic acids is 1. The van der Waals surface area contributed by atoms with Crippen molar-refractivity contribution in [3.05, 3.63) is 50.3 Å². The minimum atomic E-state index is -0.0280. The predicted molar refractivity (Wildman–Crippen MR) is 128 cm³/mol.